The van der Waals surface area contributed by atoms with Crippen LogP contribution in [0.25, 0.3) is 21.1 Å². The molecule has 0 unspecified atom stereocenters. The van der Waals surface area contributed by atoms with Crippen LogP contribution in [-0.4, -0.2) is 41.6 Å². The molecule has 0 N–H and O–H groups in total. The summed E-state index contributed by atoms with van der Waals surface area (Å²) in [4.78, 5) is 22.2. The van der Waals surface area contributed by atoms with Crippen LogP contribution in [0.4, 0.5) is 0 Å². The Labute approximate surface area is 184 Å². The summed E-state index contributed by atoms with van der Waals surface area (Å²) in [7, 11) is 0. The first kappa shape index (κ1) is 20.7. The fraction of sp³-hybridized carbons (Fsp3) is 0.348. The second kappa shape index (κ2) is 9.98. The van der Waals surface area contributed by atoms with Gasteiger partial charge in [0.15, 0.2) is 0 Å². The molecule has 1 amide bonds. The third-order valence-corrected chi connectivity index (χ3v) is 7.18. The maximum atomic E-state index is 13.3. The summed E-state index contributed by atoms with van der Waals surface area (Å²) in [5.74, 6) is 0.0678. The summed E-state index contributed by atoms with van der Waals surface area (Å²) in [5, 5.41) is 12.0. The van der Waals surface area contributed by atoms with Crippen LogP contribution in [0.5, 0.6) is 0 Å². The lowest BCUT2D eigenvalue weighted by Gasteiger charge is -2.34. The Kier molecular flexibility index (Phi) is 6.90. The van der Waals surface area contributed by atoms with Crippen molar-refractivity contribution in [1.29, 1.82) is 5.26 Å². The van der Waals surface area contributed by atoms with Crippen molar-refractivity contribution in [3.63, 3.8) is 0 Å². The van der Waals surface area contributed by atoms with Crippen LogP contribution in [0, 0.1) is 11.3 Å². The Morgan fingerprint density at radius 2 is 2.00 bits per heavy atom. The number of carbonyl (C=O) groups is 1. The molecule has 154 valence electrons. The van der Waals surface area contributed by atoms with E-state index in [1.54, 1.807) is 22.7 Å². The van der Waals surface area contributed by atoms with E-state index in [-0.39, 0.29) is 11.9 Å². The molecule has 1 aliphatic rings. The second-order valence-corrected chi connectivity index (χ2v) is 9.18. The first-order valence-corrected chi connectivity index (χ1v) is 11.8. The standard InChI is InChI=1S/C23H23N3O2S2/c24-11-5-12-26(18-9-13-28-14-10-18)21(27)16-20-22(19-8-4-15-29-19)25-23(30-20)17-6-2-1-3-7-17/h1-4,6-8,15,18H,5,9-10,12-14,16H2. The number of hydrogen-bond acceptors (Lipinski definition) is 6. The fourth-order valence-corrected chi connectivity index (χ4v) is 5.58. The van der Waals surface area contributed by atoms with Crippen molar-refractivity contribution in [2.24, 2.45) is 0 Å². The van der Waals surface area contributed by atoms with Crippen LogP contribution in [0.3, 0.4) is 0 Å². The van der Waals surface area contributed by atoms with Gasteiger partial charge in [0.25, 0.3) is 0 Å². The topological polar surface area (TPSA) is 66.2 Å². The number of nitrogens with zero attached hydrogens (tertiary/aromatic N) is 3. The minimum atomic E-state index is 0.0678. The number of thiazole rings is 1. The number of benzene rings is 1. The van der Waals surface area contributed by atoms with Crippen molar-refractivity contribution >= 4 is 28.6 Å². The van der Waals surface area contributed by atoms with Gasteiger partial charge in [-0.05, 0) is 24.3 Å². The molecule has 1 saturated heterocycles. The summed E-state index contributed by atoms with van der Waals surface area (Å²) >= 11 is 3.22. The molecule has 0 radical (unpaired) electrons. The normalized spacial score (nSPS) is 14.4. The van der Waals surface area contributed by atoms with E-state index in [9.17, 15) is 4.79 Å². The van der Waals surface area contributed by atoms with Crippen LogP contribution in [0.1, 0.15) is 24.1 Å². The van der Waals surface area contributed by atoms with Crippen molar-refractivity contribution in [3.05, 3.63) is 52.7 Å². The van der Waals surface area contributed by atoms with Gasteiger partial charge in [0.2, 0.25) is 5.91 Å². The molecule has 0 aliphatic carbocycles. The number of amides is 1. The van der Waals surface area contributed by atoms with Gasteiger partial charge in [-0.1, -0.05) is 36.4 Å². The van der Waals surface area contributed by atoms with Crippen LogP contribution >= 0.6 is 22.7 Å². The first-order chi connectivity index (χ1) is 14.8. The van der Waals surface area contributed by atoms with Crippen LogP contribution in [0.15, 0.2) is 47.8 Å². The molecule has 1 aromatic carbocycles. The summed E-state index contributed by atoms with van der Waals surface area (Å²) in [5.41, 5.74) is 1.96. The highest BCUT2D eigenvalue weighted by Crippen LogP contribution is 2.36. The Balaban J connectivity index is 1.62. The molecule has 1 fully saturated rings. The van der Waals surface area contributed by atoms with Gasteiger partial charge in [0.05, 0.1) is 29.5 Å². The zero-order valence-electron chi connectivity index (χ0n) is 16.6. The van der Waals surface area contributed by atoms with E-state index in [4.69, 9.17) is 15.0 Å². The number of carbonyl (C=O) groups excluding carboxylic acids is 1. The molecule has 0 saturated carbocycles. The zero-order chi connectivity index (χ0) is 20.8. The highest BCUT2D eigenvalue weighted by atomic mass is 32.1. The number of hydrogen-bond donors (Lipinski definition) is 0. The molecule has 0 bridgehead atoms. The van der Waals surface area contributed by atoms with Gasteiger partial charge in [-0.3, -0.25) is 4.79 Å². The number of nitriles is 1. The molecule has 7 heteroatoms. The summed E-state index contributed by atoms with van der Waals surface area (Å²) in [6, 6.07) is 16.5. The average Bonchev–Trinajstić information content (AvgIpc) is 3.45. The largest absolute Gasteiger partial charge is 0.381 e. The lowest BCUT2D eigenvalue weighted by Crippen LogP contribution is -2.44. The molecule has 1 aliphatic heterocycles. The van der Waals surface area contributed by atoms with Gasteiger partial charge in [0, 0.05) is 36.2 Å². The van der Waals surface area contributed by atoms with E-state index in [1.807, 2.05) is 52.7 Å². The van der Waals surface area contributed by atoms with Gasteiger partial charge in [0.1, 0.15) is 5.01 Å². The third kappa shape index (κ3) is 4.78. The minimum Gasteiger partial charge on any atom is -0.381 e. The van der Waals surface area contributed by atoms with E-state index in [0.717, 1.165) is 38.9 Å². The Morgan fingerprint density at radius 3 is 2.70 bits per heavy atom. The van der Waals surface area contributed by atoms with Gasteiger partial charge in [-0.25, -0.2) is 4.98 Å². The molecule has 5 nitrogen and oxygen atoms in total. The predicted molar refractivity (Wildman–Crippen MR) is 120 cm³/mol. The number of rotatable bonds is 7. The molecule has 0 spiro atoms. The molecule has 0 atom stereocenters. The quantitative estimate of drug-likeness (QED) is 0.522. The first-order valence-electron chi connectivity index (χ1n) is 10.1. The van der Waals surface area contributed by atoms with Gasteiger partial charge < -0.3 is 9.64 Å². The monoisotopic (exact) mass is 437 g/mol. The SMILES string of the molecule is N#CCCN(C(=O)Cc1sc(-c2ccccc2)nc1-c1cccs1)C1CCOCC1. The van der Waals surface area contributed by atoms with E-state index in [1.165, 1.54) is 0 Å². The van der Waals surface area contributed by atoms with Gasteiger partial charge in [-0.15, -0.1) is 22.7 Å². The maximum Gasteiger partial charge on any atom is 0.228 e. The number of thiophene rings is 1. The smallest absolute Gasteiger partial charge is 0.228 e. The average molecular weight is 438 g/mol. The molecular weight excluding hydrogens is 414 g/mol. The molecular formula is C23H23N3O2S2. The summed E-state index contributed by atoms with van der Waals surface area (Å²) in [6.07, 6.45) is 2.30. The van der Waals surface area contributed by atoms with Crippen LogP contribution in [0.2, 0.25) is 0 Å². The lowest BCUT2D eigenvalue weighted by atomic mass is 10.1. The van der Waals surface area contributed by atoms with E-state index < -0.39 is 0 Å². The van der Waals surface area contributed by atoms with Crippen LogP contribution in [-0.2, 0) is 16.0 Å². The lowest BCUT2D eigenvalue weighted by molar-refractivity contribution is -0.134. The zero-order valence-corrected chi connectivity index (χ0v) is 18.3. The van der Waals surface area contributed by atoms with E-state index in [2.05, 4.69) is 6.07 Å². The third-order valence-electron chi connectivity index (χ3n) is 5.20. The molecule has 3 heterocycles. The maximum absolute atomic E-state index is 13.3. The minimum absolute atomic E-state index is 0.0678. The molecule has 2 aromatic heterocycles. The molecule has 4 rings (SSSR count). The second-order valence-electron chi connectivity index (χ2n) is 7.15. The highest BCUT2D eigenvalue weighted by molar-refractivity contribution is 7.17. The highest BCUT2D eigenvalue weighted by Gasteiger charge is 2.27. The van der Waals surface area contributed by atoms with E-state index in [0.29, 0.717) is 32.6 Å². The van der Waals surface area contributed by atoms with Crippen molar-refractivity contribution in [3.8, 4) is 27.2 Å². The fourth-order valence-electron chi connectivity index (χ4n) is 3.70. The summed E-state index contributed by atoms with van der Waals surface area (Å²) in [6.45, 7) is 1.80. The number of aromatic nitrogens is 1. The Bertz CT molecular complexity index is 1000. The Morgan fingerprint density at radius 1 is 1.20 bits per heavy atom. The Hall–Kier alpha value is -2.53. The van der Waals surface area contributed by atoms with E-state index >= 15 is 0 Å². The van der Waals surface area contributed by atoms with Crippen molar-refractivity contribution in [2.75, 3.05) is 19.8 Å². The summed E-state index contributed by atoms with van der Waals surface area (Å²) < 4.78 is 5.46. The van der Waals surface area contributed by atoms with Gasteiger partial charge in [-0.2, -0.15) is 5.26 Å². The van der Waals surface area contributed by atoms with Crippen LogP contribution < -0.4 is 0 Å². The van der Waals surface area contributed by atoms with Crippen molar-refractivity contribution in [2.45, 2.75) is 31.7 Å². The number of ether oxygens (including phenoxy) is 1. The predicted octanol–water partition coefficient (Wildman–Crippen LogP) is 5.00. The van der Waals surface area contributed by atoms with Gasteiger partial charge >= 0.3 is 0 Å². The molecule has 30 heavy (non-hydrogen) atoms. The molecule has 3 aromatic rings. The van der Waals surface area contributed by atoms with Crippen molar-refractivity contribution in [1.82, 2.24) is 9.88 Å². The van der Waals surface area contributed by atoms with Crippen molar-refractivity contribution < 1.29 is 9.53 Å².